The number of aliphatic hydroxyl groups excluding tert-OH is 1. The second-order valence-electron chi connectivity index (χ2n) is 3.02. The Kier molecular flexibility index (Phi) is 9.98. The van der Waals surface area contributed by atoms with E-state index < -0.39 is 5.84 Å². The molecule has 4 nitrogen and oxygen atoms in total. The fourth-order valence-electron chi connectivity index (χ4n) is 0.400. The molecular weight excluding hydrogens is 155 g/mol. The Morgan fingerprint density at radius 3 is 1.25 bits per heavy atom. The van der Waals surface area contributed by atoms with E-state index in [-0.39, 0.29) is 0 Å². The van der Waals surface area contributed by atoms with Crippen LogP contribution < -0.4 is 0 Å². The number of rotatable bonds is 3. The minimum absolute atomic E-state index is 0.833. The molecule has 2 N–H and O–H groups in total. The Labute approximate surface area is 75.5 Å². The monoisotopic (exact) mass is 174 g/mol. The molecule has 5 heteroatoms. The maximum absolute atomic E-state index is 7.42. The van der Waals surface area contributed by atoms with Gasteiger partial charge in [0.2, 0.25) is 0 Å². The molecule has 0 saturated heterocycles. The SMILES string of the molecule is B=C(O)O.CN(C)CCN(C)C. The van der Waals surface area contributed by atoms with E-state index in [9.17, 15) is 0 Å². The van der Waals surface area contributed by atoms with Gasteiger partial charge in [0.25, 0.3) is 0 Å². The number of aliphatic hydroxyl groups is 2. The number of hydrogen-bond acceptors (Lipinski definition) is 4. The molecular formula is C7H19BN2O2. The molecule has 0 rings (SSSR count). The number of likely N-dealkylation sites (N-methyl/N-ethyl adjacent to an activating group) is 2. The first kappa shape index (κ1) is 14.0. The van der Waals surface area contributed by atoms with Crippen LogP contribution in [-0.4, -0.2) is 74.6 Å². The van der Waals surface area contributed by atoms with E-state index in [1.165, 1.54) is 0 Å². The topological polar surface area (TPSA) is 46.9 Å². The van der Waals surface area contributed by atoms with Crippen molar-refractivity contribution in [3.05, 3.63) is 0 Å². The van der Waals surface area contributed by atoms with Crippen LogP contribution in [0, 0.1) is 0 Å². The quantitative estimate of drug-likeness (QED) is 0.529. The smallest absolute Gasteiger partial charge is 0.0103 e. The van der Waals surface area contributed by atoms with Gasteiger partial charge in [-0.15, -0.1) is 0 Å². The van der Waals surface area contributed by atoms with Crippen molar-refractivity contribution in [3.63, 3.8) is 0 Å². The first-order chi connectivity index (χ1) is 5.36. The van der Waals surface area contributed by atoms with Crippen molar-refractivity contribution in [2.24, 2.45) is 0 Å². The second kappa shape index (κ2) is 8.55. The minimum atomic E-state index is -0.833. The van der Waals surface area contributed by atoms with E-state index in [0.717, 1.165) is 13.1 Å². The van der Waals surface area contributed by atoms with Crippen LogP contribution in [0.3, 0.4) is 0 Å². The summed E-state index contributed by atoms with van der Waals surface area (Å²) in [6.45, 7) is 2.29. The fourth-order valence-corrected chi connectivity index (χ4v) is 0.400. The van der Waals surface area contributed by atoms with Gasteiger partial charge >= 0.3 is 23.5 Å². The van der Waals surface area contributed by atoms with E-state index in [0.29, 0.717) is 0 Å². The van der Waals surface area contributed by atoms with E-state index >= 15 is 0 Å². The van der Waals surface area contributed by atoms with Crippen molar-refractivity contribution >= 4 is 13.3 Å². The maximum atomic E-state index is 7.42. The molecule has 0 aliphatic carbocycles. The Bertz CT molecular complexity index is 106. The van der Waals surface area contributed by atoms with Crippen LogP contribution in [0.1, 0.15) is 0 Å². The number of nitrogens with zero attached hydrogens (tertiary/aromatic N) is 2. The molecule has 0 aliphatic heterocycles. The Morgan fingerprint density at radius 2 is 1.17 bits per heavy atom. The van der Waals surface area contributed by atoms with E-state index in [2.05, 4.69) is 45.5 Å². The molecule has 0 spiro atoms. The molecule has 0 amide bonds. The van der Waals surface area contributed by atoms with Crippen LogP contribution in [0.4, 0.5) is 0 Å². The summed E-state index contributed by atoms with van der Waals surface area (Å²) in [5.41, 5.74) is 0. The Hall–Kier alpha value is -0.545. The third-order valence-electron chi connectivity index (χ3n) is 0.994. The normalized spacial score (nSPS) is 9.42. The zero-order valence-corrected chi connectivity index (χ0v) is 8.41. The van der Waals surface area contributed by atoms with Gasteiger partial charge in [0, 0.05) is 13.1 Å². The molecule has 0 fully saturated rings. The summed E-state index contributed by atoms with van der Waals surface area (Å²) in [5.74, 6) is -0.833. The maximum Gasteiger partial charge on any atom is 0.0103 e. The van der Waals surface area contributed by atoms with Crippen molar-refractivity contribution in [1.29, 1.82) is 0 Å². The van der Waals surface area contributed by atoms with Gasteiger partial charge in [-0.1, -0.05) is 0 Å². The van der Waals surface area contributed by atoms with Crippen molar-refractivity contribution in [2.45, 2.75) is 0 Å². The molecule has 0 bridgehead atoms. The minimum Gasteiger partial charge on any atom is -0.308 e. The summed E-state index contributed by atoms with van der Waals surface area (Å²) in [6, 6.07) is 0. The third kappa shape index (κ3) is 34.1. The zero-order valence-electron chi connectivity index (χ0n) is 8.41. The van der Waals surface area contributed by atoms with Crippen LogP contribution in [0.15, 0.2) is 0 Å². The van der Waals surface area contributed by atoms with Gasteiger partial charge in [-0.2, -0.15) is 0 Å². The van der Waals surface area contributed by atoms with Crippen molar-refractivity contribution in [2.75, 3.05) is 41.3 Å². The fraction of sp³-hybridized carbons (Fsp3) is 0.857. The standard InChI is InChI=1S/C6H16N2.CH3BO2/c1-7(2)5-6-8(3)4;2-1(3)4/h5-6H2,1-4H3;2-4H. The molecule has 0 heterocycles. The van der Waals surface area contributed by atoms with Gasteiger partial charge in [0.05, 0.1) is 0 Å². The number of hydrogen-bond donors (Lipinski definition) is 2. The molecule has 0 aromatic carbocycles. The van der Waals surface area contributed by atoms with Gasteiger partial charge in [0.15, 0.2) is 0 Å². The summed E-state index contributed by atoms with van der Waals surface area (Å²) in [6.07, 6.45) is 0. The van der Waals surface area contributed by atoms with Gasteiger partial charge < -0.3 is 9.80 Å². The first-order valence-corrected chi connectivity index (χ1v) is 3.72. The molecule has 0 radical (unpaired) electrons. The second-order valence-corrected chi connectivity index (χ2v) is 3.02. The van der Waals surface area contributed by atoms with Crippen molar-refractivity contribution in [1.82, 2.24) is 9.80 Å². The molecule has 12 heavy (non-hydrogen) atoms. The van der Waals surface area contributed by atoms with E-state index in [4.69, 9.17) is 10.2 Å². The van der Waals surface area contributed by atoms with Crippen LogP contribution in [0.25, 0.3) is 0 Å². The molecule has 0 aromatic heterocycles. The Morgan fingerprint density at radius 1 is 1.00 bits per heavy atom. The van der Waals surface area contributed by atoms with Gasteiger partial charge in [-0.25, -0.2) is 0 Å². The summed E-state index contributed by atoms with van der Waals surface area (Å²) in [4.78, 5) is 4.36. The molecule has 0 unspecified atom stereocenters. The van der Waals surface area contributed by atoms with Crippen molar-refractivity contribution in [3.8, 4) is 0 Å². The summed E-state index contributed by atoms with van der Waals surface area (Å²) < 4.78 is 0. The zero-order chi connectivity index (χ0) is 10.1. The molecule has 0 saturated carbocycles. The molecule has 0 aromatic rings. The van der Waals surface area contributed by atoms with Gasteiger partial charge in [-0.3, -0.25) is 0 Å². The van der Waals surface area contributed by atoms with Crippen LogP contribution in [0.2, 0.25) is 0 Å². The van der Waals surface area contributed by atoms with Gasteiger partial charge in [0.1, 0.15) is 0 Å². The molecule has 72 valence electrons. The summed E-state index contributed by atoms with van der Waals surface area (Å²) >= 11 is 0. The Balaban J connectivity index is 0. The average Bonchev–Trinajstić information content (AvgIpc) is 1.82. The van der Waals surface area contributed by atoms with Crippen molar-refractivity contribution < 1.29 is 10.2 Å². The largest absolute Gasteiger partial charge is 0.308 e. The van der Waals surface area contributed by atoms with Gasteiger partial charge in [-0.05, 0) is 28.2 Å². The third-order valence-corrected chi connectivity index (χ3v) is 0.994. The van der Waals surface area contributed by atoms with Crippen LogP contribution in [-0.2, 0) is 0 Å². The summed E-state index contributed by atoms with van der Waals surface area (Å²) in [5, 5.41) is 14.8. The van der Waals surface area contributed by atoms with Crippen LogP contribution in [0.5, 0.6) is 0 Å². The van der Waals surface area contributed by atoms with E-state index in [1.807, 2.05) is 0 Å². The summed E-state index contributed by atoms with van der Waals surface area (Å²) in [7, 11) is 11.0. The first-order valence-electron chi connectivity index (χ1n) is 3.72. The molecule has 0 atom stereocenters. The van der Waals surface area contributed by atoms with E-state index in [1.54, 1.807) is 0 Å². The predicted molar refractivity (Wildman–Crippen MR) is 53.1 cm³/mol. The molecule has 0 aliphatic rings. The predicted octanol–water partition coefficient (Wildman–Crippen LogP) is -1.17. The average molecular weight is 174 g/mol. The van der Waals surface area contributed by atoms with Crippen LogP contribution >= 0.6 is 0 Å².